The van der Waals surface area contributed by atoms with E-state index >= 15 is 0 Å². The van der Waals surface area contributed by atoms with Crippen LogP contribution in [0.3, 0.4) is 0 Å². The second kappa shape index (κ2) is 5.14. The molecule has 114 valence electrons. The molecule has 2 aliphatic rings. The van der Waals surface area contributed by atoms with Crippen LogP contribution >= 0.6 is 0 Å². The van der Waals surface area contributed by atoms with Crippen LogP contribution in [0.5, 0.6) is 5.75 Å². The molecule has 6 heteroatoms. The summed E-state index contributed by atoms with van der Waals surface area (Å²) in [6, 6.07) is 9.98. The lowest BCUT2D eigenvalue weighted by molar-refractivity contribution is 0.432. The van der Waals surface area contributed by atoms with E-state index in [1.54, 1.807) is 12.1 Å². The fraction of sp³-hybridized carbons (Fsp3) is 0.375. The number of hydrogen-bond donors (Lipinski definition) is 3. The number of aromatic nitrogens is 2. The van der Waals surface area contributed by atoms with Gasteiger partial charge in [-0.3, -0.25) is 0 Å². The number of nitrogens with zero attached hydrogens (tertiary/aromatic N) is 3. The number of phenolic OH excluding ortho intramolecular Hbond substituents is 1. The van der Waals surface area contributed by atoms with Crippen LogP contribution in [0.4, 0.5) is 11.5 Å². The van der Waals surface area contributed by atoms with Crippen LogP contribution in [-0.4, -0.2) is 47.0 Å². The second-order valence-corrected chi connectivity index (χ2v) is 5.88. The molecule has 2 aliphatic heterocycles. The van der Waals surface area contributed by atoms with E-state index in [1.165, 1.54) is 0 Å². The molecule has 6 nitrogen and oxygen atoms in total. The number of aromatic hydroxyl groups is 1. The first kappa shape index (κ1) is 13.3. The summed E-state index contributed by atoms with van der Waals surface area (Å²) in [5, 5.41) is 25.5. The van der Waals surface area contributed by atoms with Crippen LogP contribution in [0.1, 0.15) is 6.92 Å². The Labute approximate surface area is 129 Å². The van der Waals surface area contributed by atoms with Crippen molar-refractivity contribution < 1.29 is 5.11 Å². The zero-order valence-corrected chi connectivity index (χ0v) is 12.5. The van der Waals surface area contributed by atoms with Crippen molar-refractivity contribution in [2.45, 2.75) is 19.0 Å². The zero-order chi connectivity index (χ0) is 15.1. The van der Waals surface area contributed by atoms with E-state index in [4.69, 9.17) is 0 Å². The Hall–Kier alpha value is -2.34. The molecule has 2 atom stereocenters. The molecule has 0 radical (unpaired) electrons. The Balaban J connectivity index is 1.79. The van der Waals surface area contributed by atoms with Gasteiger partial charge >= 0.3 is 0 Å². The summed E-state index contributed by atoms with van der Waals surface area (Å²) in [6.45, 7) is 5.06. The molecule has 0 spiro atoms. The number of benzene rings is 1. The number of piperazine rings is 1. The van der Waals surface area contributed by atoms with Crippen LogP contribution in [-0.2, 0) is 0 Å². The van der Waals surface area contributed by atoms with Gasteiger partial charge in [0.05, 0.1) is 17.4 Å². The normalized spacial score (nSPS) is 23.4. The molecule has 4 rings (SSSR count). The number of rotatable bonds is 1. The van der Waals surface area contributed by atoms with Gasteiger partial charge in [-0.05, 0) is 25.1 Å². The van der Waals surface area contributed by atoms with Crippen molar-refractivity contribution in [3.05, 3.63) is 30.3 Å². The first-order valence-corrected chi connectivity index (χ1v) is 7.64. The minimum absolute atomic E-state index is 0.228. The summed E-state index contributed by atoms with van der Waals surface area (Å²) >= 11 is 0. The minimum atomic E-state index is 0.228. The quantitative estimate of drug-likeness (QED) is 0.740. The van der Waals surface area contributed by atoms with Crippen LogP contribution in [0.2, 0.25) is 0 Å². The average molecular weight is 297 g/mol. The Bertz CT molecular complexity index is 705. The van der Waals surface area contributed by atoms with Gasteiger partial charge in [-0.25, -0.2) is 0 Å². The molecule has 22 heavy (non-hydrogen) atoms. The van der Waals surface area contributed by atoms with Gasteiger partial charge in [-0.15, -0.1) is 10.2 Å². The highest BCUT2D eigenvalue weighted by Crippen LogP contribution is 2.36. The second-order valence-electron chi connectivity index (χ2n) is 5.88. The van der Waals surface area contributed by atoms with Crippen LogP contribution < -0.4 is 15.5 Å². The Morgan fingerprint density at radius 3 is 3.00 bits per heavy atom. The maximum atomic E-state index is 10.0. The minimum Gasteiger partial charge on any atom is -0.507 e. The molecule has 1 aromatic carbocycles. The number of fused-ring (bicyclic) bond motifs is 3. The first-order valence-electron chi connectivity index (χ1n) is 7.64. The summed E-state index contributed by atoms with van der Waals surface area (Å²) < 4.78 is 0. The van der Waals surface area contributed by atoms with E-state index in [9.17, 15) is 5.11 Å². The summed E-state index contributed by atoms with van der Waals surface area (Å²) in [5.41, 5.74) is 2.48. The fourth-order valence-corrected chi connectivity index (χ4v) is 3.31. The van der Waals surface area contributed by atoms with Crippen LogP contribution in [0.25, 0.3) is 11.3 Å². The van der Waals surface area contributed by atoms with Crippen molar-refractivity contribution in [1.29, 1.82) is 0 Å². The highest BCUT2D eigenvalue weighted by molar-refractivity contribution is 5.76. The van der Waals surface area contributed by atoms with E-state index in [0.29, 0.717) is 23.3 Å². The molecular formula is C16H19N5O. The van der Waals surface area contributed by atoms with Crippen molar-refractivity contribution >= 4 is 11.5 Å². The van der Waals surface area contributed by atoms with E-state index in [2.05, 4.69) is 32.7 Å². The molecule has 0 bridgehead atoms. The maximum absolute atomic E-state index is 10.0. The summed E-state index contributed by atoms with van der Waals surface area (Å²) in [4.78, 5) is 2.39. The molecule has 0 amide bonds. The van der Waals surface area contributed by atoms with Crippen LogP contribution in [0.15, 0.2) is 30.3 Å². The van der Waals surface area contributed by atoms with Gasteiger partial charge in [0.1, 0.15) is 5.75 Å². The van der Waals surface area contributed by atoms with E-state index in [1.807, 2.05) is 18.2 Å². The average Bonchev–Trinajstić information content (AvgIpc) is 2.56. The van der Waals surface area contributed by atoms with E-state index < -0.39 is 0 Å². The Kier molecular flexibility index (Phi) is 3.11. The maximum Gasteiger partial charge on any atom is 0.172 e. The Morgan fingerprint density at radius 2 is 2.14 bits per heavy atom. The number of nitrogens with one attached hydrogen (secondary N) is 2. The number of phenols is 1. The zero-order valence-electron chi connectivity index (χ0n) is 12.5. The number of hydrogen-bond acceptors (Lipinski definition) is 6. The van der Waals surface area contributed by atoms with Gasteiger partial charge in [0, 0.05) is 31.2 Å². The molecule has 1 saturated heterocycles. The molecule has 2 aromatic rings. The SMILES string of the molecule is C[C@@H]1Nc2nnc(-c3ccccc3O)cc2N2CCNC[C@@H]12. The van der Waals surface area contributed by atoms with Crippen molar-refractivity contribution in [3.63, 3.8) is 0 Å². The molecular weight excluding hydrogens is 278 g/mol. The fourth-order valence-electron chi connectivity index (χ4n) is 3.31. The lowest BCUT2D eigenvalue weighted by Crippen LogP contribution is -2.60. The van der Waals surface area contributed by atoms with Crippen molar-refractivity contribution in [1.82, 2.24) is 15.5 Å². The molecule has 3 N–H and O–H groups in total. The topological polar surface area (TPSA) is 73.3 Å². The van der Waals surface area contributed by atoms with Gasteiger partial charge in [-0.2, -0.15) is 0 Å². The number of para-hydroxylation sites is 1. The van der Waals surface area contributed by atoms with Crippen molar-refractivity contribution in [2.24, 2.45) is 0 Å². The lowest BCUT2D eigenvalue weighted by Gasteiger charge is -2.45. The molecule has 1 aromatic heterocycles. The van der Waals surface area contributed by atoms with Gasteiger partial charge in [-0.1, -0.05) is 12.1 Å². The molecule has 0 aliphatic carbocycles. The third kappa shape index (κ3) is 2.07. The molecule has 0 unspecified atom stereocenters. The summed E-state index contributed by atoms with van der Waals surface area (Å²) in [6.07, 6.45) is 0. The molecule has 0 saturated carbocycles. The van der Waals surface area contributed by atoms with E-state index in [-0.39, 0.29) is 5.75 Å². The van der Waals surface area contributed by atoms with E-state index in [0.717, 1.165) is 31.1 Å². The number of anilines is 2. The standard InChI is InChI=1S/C16H19N5O/c1-10-14-9-17-6-7-21(14)13-8-12(19-20-16(13)18-10)11-4-2-3-5-15(11)22/h2-5,8,10,14,17,22H,6-7,9H2,1H3,(H,18,20)/t10-,14-/m0/s1. The monoisotopic (exact) mass is 297 g/mol. The predicted molar refractivity (Wildman–Crippen MR) is 86.2 cm³/mol. The Morgan fingerprint density at radius 1 is 1.27 bits per heavy atom. The van der Waals surface area contributed by atoms with Gasteiger partial charge in [0.2, 0.25) is 0 Å². The molecule has 3 heterocycles. The van der Waals surface area contributed by atoms with Gasteiger partial charge in [0.15, 0.2) is 5.82 Å². The van der Waals surface area contributed by atoms with Gasteiger partial charge < -0.3 is 20.6 Å². The van der Waals surface area contributed by atoms with Crippen molar-refractivity contribution in [2.75, 3.05) is 29.9 Å². The summed E-state index contributed by atoms with van der Waals surface area (Å²) in [5.74, 6) is 1.05. The largest absolute Gasteiger partial charge is 0.507 e. The van der Waals surface area contributed by atoms with Crippen LogP contribution in [0, 0.1) is 0 Å². The molecule has 1 fully saturated rings. The van der Waals surface area contributed by atoms with Gasteiger partial charge in [0.25, 0.3) is 0 Å². The lowest BCUT2D eigenvalue weighted by atomic mass is 10.0. The predicted octanol–water partition coefficient (Wildman–Crippen LogP) is 1.44. The highest BCUT2D eigenvalue weighted by atomic mass is 16.3. The smallest absolute Gasteiger partial charge is 0.172 e. The highest BCUT2D eigenvalue weighted by Gasteiger charge is 2.34. The third-order valence-electron chi connectivity index (χ3n) is 4.49. The third-order valence-corrected chi connectivity index (χ3v) is 4.49. The van der Waals surface area contributed by atoms with Crippen molar-refractivity contribution in [3.8, 4) is 17.0 Å². The summed E-state index contributed by atoms with van der Waals surface area (Å²) in [7, 11) is 0. The first-order chi connectivity index (χ1) is 10.7.